The Morgan fingerprint density at radius 1 is 0.778 bits per heavy atom. The van der Waals surface area contributed by atoms with Crippen molar-refractivity contribution in [1.82, 2.24) is 0 Å². The van der Waals surface area contributed by atoms with E-state index < -0.39 is 91.2 Å². The maximum Gasteiger partial charge on any atom is 0.187 e. The van der Waals surface area contributed by atoms with Gasteiger partial charge in [-0.05, 0) is 117 Å². The number of aliphatic hydroxyl groups is 9. The second kappa shape index (κ2) is 15.1. The van der Waals surface area contributed by atoms with Crippen molar-refractivity contribution in [2.45, 2.75) is 186 Å². The minimum absolute atomic E-state index is 0.109. The molecule has 4 saturated carbocycles. The Hall–Kier alpha value is -0.780. The van der Waals surface area contributed by atoms with E-state index >= 15 is 0 Å². The first kappa shape index (κ1) is 42.8. The summed E-state index contributed by atoms with van der Waals surface area (Å²) in [6, 6.07) is 0. The molecule has 2 saturated heterocycles. The first-order valence-corrected chi connectivity index (χ1v) is 20.4. The number of rotatable bonds is 10. The third kappa shape index (κ3) is 6.76. The van der Waals surface area contributed by atoms with Gasteiger partial charge in [-0.1, -0.05) is 46.3 Å². The summed E-state index contributed by atoms with van der Waals surface area (Å²) in [5, 5.41) is 98.8. The Morgan fingerprint density at radius 2 is 1.41 bits per heavy atom. The molecule has 312 valence electrons. The number of hydrogen-bond donors (Lipinski definition) is 9. The van der Waals surface area contributed by atoms with Crippen molar-refractivity contribution in [2.24, 2.45) is 45.3 Å². The fraction of sp³-hybridized carbons (Fsp3) is 0.951. The molecule has 0 aromatic heterocycles. The molecule has 6 aliphatic rings. The van der Waals surface area contributed by atoms with Crippen LogP contribution in [0.4, 0.5) is 0 Å². The molecule has 54 heavy (non-hydrogen) atoms. The number of allylic oxidation sites excluding steroid dienone is 2. The Bertz CT molecular complexity index is 1360. The molecule has 0 spiro atoms. The molecule has 13 nitrogen and oxygen atoms in total. The molecule has 6 fully saturated rings. The largest absolute Gasteiger partial charge is 0.394 e. The van der Waals surface area contributed by atoms with Gasteiger partial charge in [0.1, 0.15) is 42.7 Å². The van der Waals surface area contributed by atoms with Crippen LogP contribution in [0.2, 0.25) is 0 Å². The van der Waals surface area contributed by atoms with Crippen molar-refractivity contribution in [2.75, 3.05) is 13.2 Å². The van der Waals surface area contributed by atoms with Gasteiger partial charge in [-0.15, -0.1) is 0 Å². The molecule has 0 radical (unpaired) electrons. The average molecular weight is 771 g/mol. The summed E-state index contributed by atoms with van der Waals surface area (Å²) >= 11 is 0. The fourth-order valence-corrected chi connectivity index (χ4v) is 13.2. The maximum absolute atomic E-state index is 12.4. The van der Waals surface area contributed by atoms with Gasteiger partial charge < -0.3 is 64.9 Å². The quantitative estimate of drug-likeness (QED) is 0.145. The average Bonchev–Trinajstić information content (AvgIpc) is 3.61. The third-order valence-electron chi connectivity index (χ3n) is 16.2. The number of hydrogen-bond acceptors (Lipinski definition) is 13. The van der Waals surface area contributed by atoms with Gasteiger partial charge in [0.15, 0.2) is 12.6 Å². The highest BCUT2D eigenvalue weighted by molar-refractivity contribution is 5.22. The van der Waals surface area contributed by atoms with Crippen LogP contribution in [-0.2, 0) is 18.9 Å². The minimum atomic E-state index is -1.66. The molecular formula is C41H70O13. The van der Waals surface area contributed by atoms with E-state index in [2.05, 4.69) is 40.7 Å². The molecule has 13 heteroatoms. The van der Waals surface area contributed by atoms with Crippen LogP contribution in [0.1, 0.15) is 107 Å². The first-order valence-electron chi connectivity index (χ1n) is 20.4. The van der Waals surface area contributed by atoms with E-state index in [0.29, 0.717) is 32.1 Å². The first-order chi connectivity index (χ1) is 25.1. The predicted octanol–water partition coefficient (Wildman–Crippen LogP) is 1.76. The third-order valence-corrected chi connectivity index (χ3v) is 16.2. The topological polar surface area (TPSA) is 219 Å². The Kier molecular flexibility index (Phi) is 12.0. The van der Waals surface area contributed by atoms with E-state index in [1.165, 1.54) is 0 Å². The van der Waals surface area contributed by atoms with Crippen LogP contribution < -0.4 is 0 Å². The van der Waals surface area contributed by atoms with Crippen LogP contribution in [0.25, 0.3) is 0 Å². The van der Waals surface area contributed by atoms with E-state index in [1.54, 1.807) is 0 Å². The molecule has 6 rings (SSSR count). The van der Waals surface area contributed by atoms with Crippen molar-refractivity contribution in [3.63, 3.8) is 0 Å². The van der Waals surface area contributed by atoms with Crippen molar-refractivity contribution in [3.05, 3.63) is 11.6 Å². The van der Waals surface area contributed by atoms with E-state index in [9.17, 15) is 46.0 Å². The van der Waals surface area contributed by atoms with E-state index in [-0.39, 0.29) is 46.5 Å². The highest BCUT2D eigenvalue weighted by atomic mass is 16.7. The molecule has 0 amide bonds. The van der Waals surface area contributed by atoms with Crippen LogP contribution in [0.5, 0.6) is 0 Å². The van der Waals surface area contributed by atoms with Crippen molar-refractivity contribution in [1.29, 1.82) is 0 Å². The molecule has 4 aliphatic carbocycles. The molecule has 0 unspecified atom stereocenters. The van der Waals surface area contributed by atoms with Gasteiger partial charge in [-0.25, -0.2) is 0 Å². The van der Waals surface area contributed by atoms with Gasteiger partial charge in [0.2, 0.25) is 0 Å². The normalized spacial score (nSPS) is 52.5. The second-order valence-corrected chi connectivity index (χ2v) is 19.8. The van der Waals surface area contributed by atoms with Crippen LogP contribution in [0, 0.1) is 45.3 Å². The number of fused-ring (bicyclic) bond motifs is 5. The van der Waals surface area contributed by atoms with Gasteiger partial charge in [0.25, 0.3) is 0 Å². The van der Waals surface area contributed by atoms with Gasteiger partial charge in [0.05, 0.1) is 37.1 Å². The molecule has 0 aromatic rings. The molecule has 9 N–H and O–H groups in total. The lowest BCUT2D eigenvalue weighted by atomic mass is 9.34. The zero-order chi connectivity index (χ0) is 39.9. The number of ether oxygens (including phenoxy) is 4. The Balaban J connectivity index is 1.28. The van der Waals surface area contributed by atoms with Gasteiger partial charge >= 0.3 is 0 Å². The number of aliphatic hydroxyl groups excluding tert-OH is 9. The summed E-state index contributed by atoms with van der Waals surface area (Å²) in [6.45, 7) is 16.1. The van der Waals surface area contributed by atoms with Gasteiger partial charge in [0, 0.05) is 0 Å². The van der Waals surface area contributed by atoms with Gasteiger partial charge in [-0.3, -0.25) is 0 Å². The van der Waals surface area contributed by atoms with Crippen molar-refractivity contribution in [3.8, 4) is 0 Å². The van der Waals surface area contributed by atoms with Crippen molar-refractivity contribution < 1.29 is 64.9 Å². The van der Waals surface area contributed by atoms with Crippen LogP contribution in [-0.4, -0.2) is 138 Å². The standard InChI is InChI=1S/C41H70O13/c1-20(2)10-9-13-41(8,54-36-33(50)31(48)30(47)25(53-36)19-51-35-32(49)29(46)24(18-42)52-35)21-11-15-39(6)28(21)22(43)16-26-38(5)14-12-27(45)37(3,4)34(38)23(44)17-40(26,39)7/h10,21-36,42-50H,9,11-19H2,1-8H3/t21-,22+,23-,24-,25+,26+,27-,28-,29-,30+,31-,32+,33+,34-,35+,36-,38+,39+,40+,41+/m0/s1. The molecule has 20 atom stereocenters. The molecule has 2 heterocycles. The molecule has 2 aliphatic heterocycles. The van der Waals surface area contributed by atoms with E-state index in [0.717, 1.165) is 24.8 Å². The maximum atomic E-state index is 12.4. The highest BCUT2D eigenvalue weighted by Crippen LogP contribution is 2.76. The van der Waals surface area contributed by atoms with E-state index in [1.807, 2.05) is 20.8 Å². The lowest BCUT2D eigenvalue weighted by molar-refractivity contribution is -0.341. The minimum Gasteiger partial charge on any atom is -0.394 e. The summed E-state index contributed by atoms with van der Waals surface area (Å²) in [6.07, 6.45) is -7.06. The lowest BCUT2D eigenvalue weighted by Gasteiger charge is -2.71. The zero-order valence-electron chi connectivity index (χ0n) is 33.5. The Morgan fingerprint density at radius 3 is 2.04 bits per heavy atom. The van der Waals surface area contributed by atoms with E-state index in [4.69, 9.17) is 18.9 Å². The second-order valence-electron chi connectivity index (χ2n) is 19.8. The summed E-state index contributed by atoms with van der Waals surface area (Å²) in [5.41, 5.74) is -1.30. The van der Waals surface area contributed by atoms with Gasteiger partial charge in [-0.2, -0.15) is 0 Å². The SMILES string of the molecule is CC(C)=CCC[C@@](C)(O[C@@H]1O[C@H](CO[C@@H]2O[C@@H](CO)[C@H](O)[C@H]2O)[C@@H](O)[C@H](O)[C@H]1O)[C@H]1CC[C@]2(C)[C@@H]1[C@H](O)C[C@@H]1[C@@]3(C)CC[C@H](O)C(C)(C)[C@@H]3[C@@H](O)C[C@]12C. The Labute approximate surface area is 320 Å². The van der Waals surface area contributed by atoms with Crippen LogP contribution in [0.3, 0.4) is 0 Å². The monoisotopic (exact) mass is 770 g/mol. The fourth-order valence-electron chi connectivity index (χ4n) is 13.2. The smallest absolute Gasteiger partial charge is 0.187 e. The summed E-state index contributed by atoms with van der Waals surface area (Å²) < 4.78 is 24.1. The lowest BCUT2D eigenvalue weighted by Crippen LogP contribution is -2.70. The highest BCUT2D eigenvalue weighted by Gasteiger charge is 2.73. The molecule has 0 aromatic carbocycles. The molecular weight excluding hydrogens is 700 g/mol. The predicted molar refractivity (Wildman–Crippen MR) is 196 cm³/mol. The zero-order valence-corrected chi connectivity index (χ0v) is 33.5. The van der Waals surface area contributed by atoms with Crippen molar-refractivity contribution >= 4 is 0 Å². The summed E-state index contributed by atoms with van der Waals surface area (Å²) in [4.78, 5) is 0. The van der Waals surface area contributed by atoms with Crippen LogP contribution in [0.15, 0.2) is 11.6 Å². The summed E-state index contributed by atoms with van der Waals surface area (Å²) in [5.74, 6) is -0.397. The molecule has 0 bridgehead atoms. The van der Waals surface area contributed by atoms with Crippen LogP contribution >= 0.6 is 0 Å². The summed E-state index contributed by atoms with van der Waals surface area (Å²) in [7, 11) is 0.